The molecule has 0 aliphatic heterocycles. The Morgan fingerprint density at radius 3 is 2.30 bits per heavy atom. The van der Waals surface area contributed by atoms with E-state index in [-0.39, 0.29) is 19.2 Å². The third-order valence-electron chi connectivity index (χ3n) is 1.28. The summed E-state index contributed by atoms with van der Waals surface area (Å²) in [7, 11) is 0. The smallest absolute Gasteiger partial charge is 0.314 e. The quantitative estimate of drug-likeness (QED) is 0.413. The highest BCUT2D eigenvalue weighted by molar-refractivity contribution is 5.76. The van der Waals surface area contributed by atoms with Gasteiger partial charge in [0.05, 0.1) is 5.41 Å². The van der Waals surface area contributed by atoms with Crippen molar-refractivity contribution < 1.29 is 9.53 Å². The Bertz CT molecular complexity index is 123. The van der Waals surface area contributed by atoms with Crippen LogP contribution in [-0.4, -0.2) is 19.2 Å². The van der Waals surface area contributed by atoms with E-state index in [1.807, 2.05) is 0 Å². The molecule has 4 nitrogen and oxygen atoms in total. The van der Waals surface area contributed by atoms with Crippen molar-refractivity contribution in [2.45, 2.75) is 13.8 Å². The van der Waals surface area contributed by atoms with Crippen molar-refractivity contribution in [1.29, 1.82) is 0 Å². The Balaban J connectivity index is 3.91. The predicted octanol–water partition coefficient (Wildman–Crippen LogP) is -0.569. The number of hydrogen-bond donors (Lipinski definition) is 2. The highest BCUT2D eigenvalue weighted by atomic mass is 16.5. The molecule has 10 heavy (non-hydrogen) atoms. The molecule has 0 aliphatic carbocycles. The Morgan fingerprint density at radius 1 is 1.50 bits per heavy atom. The van der Waals surface area contributed by atoms with Crippen molar-refractivity contribution >= 4 is 5.97 Å². The van der Waals surface area contributed by atoms with E-state index in [9.17, 15) is 4.79 Å². The van der Waals surface area contributed by atoms with Crippen molar-refractivity contribution in [3.8, 4) is 0 Å². The average molecular weight is 146 g/mol. The molecule has 0 unspecified atom stereocenters. The molecule has 0 aromatic rings. The number of esters is 1. The van der Waals surface area contributed by atoms with Crippen molar-refractivity contribution in [1.82, 2.24) is 0 Å². The van der Waals surface area contributed by atoms with Crippen molar-refractivity contribution in [2.75, 3.05) is 13.3 Å². The van der Waals surface area contributed by atoms with Gasteiger partial charge in [-0.05, 0) is 13.8 Å². The molecule has 4 N–H and O–H groups in total. The summed E-state index contributed by atoms with van der Waals surface area (Å²) in [6.45, 7) is 3.62. The summed E-state index contributed by atoms with van der Waals surface area (Å²) >= 11 is 0. The topological polar surface area (TPSA) is 78.3 Å². The van der Waals surface area contributed by atoms with Crippen LogP contribution in [0.15, 0.2) is 0 Å². The van der Waals surface area contributed by atoms with Crippen LogP contribution in [0.25, 0.3) is 0 Å². The summed E-state index contributed by atoms with van der Waals surface area (Å²) < 4.78 is 4.56. The SMILES string of the molecule is CC(C)(CN)C(=O)OCN. The maximum Gasteiger partial charge on any atom is 0.314 e. The molecule has 4 heteroatoms. The monoisotopic (exact) mass is 146 g/mol. The summed E-state index contributed by atoms with van der Waals surface area (Å²) in [5, 5.41) is 0. The van der Waals surface area contributed by atoms with Gasteiger partial charge in [0.2, 0.25) is 0 Å². The second kappa shape index (κ2) is 3.53. The standard InChI is InChI=1S/C6H14N2O2/c1-6(2,3-7)5(9)10-4-8/h3-4,7-8H2,1-2H3. The third kappa shape index (κ3) is 2.33. The minimum absolute atomic E-state index is 0.0811. The average Bonchev–Trinajstić information content (AvgIpc) is 1.89. The van der Waals surface area contributed by atoms with Gasteiger partial charge in [-0.15, -0.1) is 0 Å². The summed E-state index contributed by atoms with van der Waals surface area (Å²) in [6.07, 6.45) is 0. The third-order valence-corrected chi connectivity index (χ3v) is 1.28. The van der Waals surface area contributed by atoms with Gasteiger partial charge < -0.3 is 10.5 Å². The fourth-order valence-corrected chi connectivity index (χ4v) is 0.354. The minimum atomic E-state index is -0.612. The molecule has 60 valence electrons. The van der Waals surface area contributed by atoms with Gasteiger partial charge in [-0.25, -0.2) is 0 Å². The molecule has 0 aromatic heterocycles. The molecule has 0 aromatic carbocycles. The van der Waals surface area contributed by atoms with E-state index in [2.05, 4.69) is 4.74 Å². The van der Waals surface area contributed by atoms with E-state index in [0.717, 1.165) is 0 Å². The number of hydrogen-bond acceptors (Lipinski definition) is 4. The summed E-state index contributed by atoms with van der Waals surface area (Å²) in [5.74, 6) is -0.350. The van der Waals surface area contributed by atoms with Crippen LogP contribution in [0.4, 0.5) is 0 Å². The molecule has 0 saturated carbocycles. The highest BCUT2D eigenvalue weighted by Gasteiger charge is 2.26. The molecular weight excluding hydrogens is 132 g/mol. The van der Waals surface area contributed by atoms with Gasteiger partial charge in [-0.3, -0.25) is 10.5 Å². The highest BCUT2D eigenvalue weighted by Crippen LogP contribution is 2.13. The Kier molecular flexibility index (Phi) is 3.32. The van der Waals surface area contributed by atoms with Crippen LogP contribution < -0.4 is 11.5 Å². The first kappa shape index (κ1) is 9.39. The molecule has 0 amide bonds. The molecule has 0 saturated heterocycles. The maximum atomic E-state index is 10.9. The summed E-state index contributed by atoms with van der Waals surface area (Å²) in [5.41, 5.74) is 9.68. The fraction of sp³-hybridized carbons (Fsp3) is 0.833. The second-order valence-corrected chi connectivity index (χ2v) is 2.69. The van der Waals surface area contributed by atoms with Crippen LogP contribution in [0.1, 0.15) is 13.8 Å². The van der Waals surface area contributed by atoms with Gasteiger partial charge in [0.1, 0.15) is 6.73 Å². The summed E-state index contributed by atoms with van der Waals surface area (Å²) in [6, 6.07) is 0. The zero-order valence-electron chi connectivity index (χ0n) is 6.39. The number of carbonyl (C=O) groups excluding carboxylic acids is 1. The first-order chi connectivity index (χ1) is 4.54. The first-order valence-electron chi connectivity index (χ1n) is 3.12. The van der Waals surface area contributed by atoms with Crippen LogP contribution in [0.2, 0.25) is 0 Å². The molecule has 0 radical (unpaired) electrons. The Morgan fingerprint density at radius 2 is 2.00 bits per heavy atom. The van der Waals surface area contributed by atoms with Crippen LogP contribution in [0.5, 0.6) is 0 Å². The molecule has 0 rings (SSSR count). The maximum absolute atomic E-state index is 10.9. The Labute approximate surface area is 60.5 Å². The summed E-state index contributed by atoms with van der Waals surface area (Å²) in [4.78, 5) is 10.9. The van der Waals surface area contributed by atoms with Gasteiger partial charge in [-0.2, -0.15) is 0 Å². The fourth-order valence-electron chi connectivity index (χ4n) is 0.354. The van der Waals surface area contributed by atoms with Crippen molar-refractivity contribution in [3.63, 3.8) is 0 Å². The van der Waals surface area contributed by atoms with E-state index >= 15 is 0 Å². The van der Waals surface area contributed by atoms with E-state index in [0.29, 0.717) is 0 Å². The molecular formula is C6H14N2O2. The lowest BCUT2D eigenvalue weighted by Gasteiger charge is -2.18. The van der Waals surface area contributed by atoms with Crippen LogP contribution in [-0.2, 0) is 9.53 Å². The normalized spacial score (nSPS) is 11.2. The lowest BCUT2D eigenvalue weighted by Crippen LogP contribution is -2.35. The van der Waals surface area contributed by atoms with E-state index in [1.54, 1.807) is 13.8 Å². The van der Waals surface area contributed by atoms with Gasteiger partial charge in [-0.1, -0.05) is 0 Å². The lowest BCUT2D eigenvalue weighted by atomic mass is 9.94. The van der Waals surface area contributed by atoms with Gasteiger partial charge in [0.15, 0.2) is 0 Å². The molecule has 0 aliphatic rings. The largest absolute Gasteiger partial charge is 0.450 e. The van der Waals surface area contributed by atoms with E-state index in [1.165, 1.54) is 0 Å². The number of rotatable bonds is 3. The van der Waals surface area contributed by atoms with Crippen LogP contribution in [0.3, 0.4) is 0 Å². The molecule has 0 fully saturated rings. The second-order valence-electron chi connectivity index (χ2n) is 2.69. The number of ether oxygens (including phenoxy) is 1. The van der Waals surface area contributed by atoms with Crippen molar-refractivity contribution in [2.24, 2.45) is 16.9 Å². The predicted molar refractivity (Wildman–Crippen MR) is 38.0 cm³/mol. The molecule has 0 bridgehead atoms. The van der Waals surface area contributed by atoms with Gasteiger partial charge in [0, 0.05) is 6.54 Å². The van der Waals surface area contributed by atoms with E-state index < -0.39 is 5.41 Å². The zero-order valence-corrected chi connectivity index (χ0v) is 6.39. The zero-order chi connectivity index (χ0) is 8.20. The first-order valence-corrected chi connectivity index (χ1v) is 3.12. The van der Waals surface area contributed by atoms with Gasteiger partial charge in [0.25, 0.3) is 0 Å². The molecule has 0 spiro atoms. The molecule has 0 atom stereocenters. The molecule has 0 heterocycles. The number of carbonyl (C=O) groups is 1. The van der Waals surface area contributed by atoms with Crippen molar-refractivity contribution in [3.05, 3.63) is 0 Å². The Hall–Kier alpha value is -0.610. The number of nitrogens with two attached hydrogens (primary N) is 2. The van der Waals surface area contributed by atoms with Gasteiger partial charge >= 0.3 is 5.97 Å². The minimum Gasteiger partial charge on any atom is -0.450 e. The lowest BCUT2D eigenvalue weighted by molar-refractivity contribution is -0.153. The van der Waals surface area contributed by atoms with Crippen LogP contribution in [0, 0.1) is 5.41 Å². The van der Waals surface area contributed by atoms with E-state index in [4.69, 9.17) is 11.5 Å². The van der Waals surface area contributed by atoms with Crippen LogP contribution >= 0.6 is 0 Å².